The molecule has 3 rings (SSSR count). The molecule has 0 radical (unpaired) electrons. The highest BCUT2D eigenvalue weighted by atomic mass is 16.5. The van der Waals surface area contributed by atoms with E-state index in [1.165, 1.54) is 0 Å². The van der Waals surface area contributed by atoms with Crippen molar-refractivity contribution in [3.8, 4) is 17.2 Å². The van der Waals surface area contributed by atoms with E-state index >= 15 is 0 Å². The molecule has 2 aromatic carbocycles. The second kappa shape index (κ2) is 8.13. The number of carbonyl (C=O) groups is 2. The van der Waals surface area contributed by atoms with Gasteiger partial charge in [-0.1, -0.05) is 5.10 Å². The van der Waals surface area contributed by atoms with Gasteiger partial charge in [-0.25, -0.2) is 4.79 Å². The lowest BCUT2D eigenvalue weighted by atomic mass is 10.1. The van der Waals surface area contributed by atoms with Crippen LogP contribution in [0.3, 0.4) is 0 Å². The molecule has 27 heavy (non-hydrogen) atoms. The van der Waals surface area contributed by atoms with Crippen molar-refractivity contribution < 1.29 is 23.5 Å². The first kappa shape index (κ1) is 18.1. The maximum absolute atomic E-state index is 12.2. The fraction of sp³-hybridized carbons (Fsp3) is 0.158. The third-order valence-electron chi connectivity index (χ3n) is 3.64. The summed E-state index contributed by atoms with van der Waals surface area (Å²) in [6.45, 7) is 2.05. The molecule has 1 aromatic heterocycles. The maximum atomic E-state index is 12.2. The van der Waals surface area contributed by atoms with Crippen LogP contribution in [-0.2, 0) is 4.74 Å². The highest BCUT2D eigenvalue weighted by molar-refractivity contribution is 6.03. The van der Waals surface area contributed by atoms with E-state index < -0.39 is 5.97 Å². The van der Waals surface area contributed by atoms with Gasteiger partial charge in [0.15, 0.2) is 0 Å². The molecule has 0 unspecified atom stereocenters. The number of nitrogens with zero attached hydrogens (tertiary/aromatic N) is 2. The fourth-order valence-corrected chi connectivity index (χ4v) is 2.27. The number of ether oxygens (including phenoxy) is 2. The van der Waals surface area contributed by atoms with Crippen molar-refractivity contribution >= 4 is 17.9 Å². The Morgan fingerprint density at radius 1 is 1.00 bits per heavy atom. The molecule has 138 valence electrons. The highest BCUT2D eigenvalue weighted by Gasteiger charge is 2.14. The summed E-state index contributed by atoms with van der Waals surface area (Å²) >= 11 is 0. The largest absolute Gasteiger partial charge is 0.497 e. The molecule has 0 aliphatic heterocycles. The molecule has 1 heterocycles. The number of carbonyl (C=O) groups excluding carboxylic acids is 2. The van der Waals surface area contributed by atoms with E-state index in [0.29, 0.717) is 29.0 Å². The SMILES string of the molecule is CCOC(=O)c1ccc(-c2nnc(NC(=O)c3ccc(OC)cc3)o2)cc1. The van der Waals surface area contributed by atoms with Crippen molar-refractivity contribution in [3.63, 3.8) is 0 Å². The Hall–Kier alpha value is -3.68. The van der Waals surface area contributed by atoms with Gasteiger partial charge in [-0.2, -0.15) is 0 Å². The summed E-state index contributed by atoms with van der Waals surface area (Å²) < 4.78 is 15.4. The summed E-state index contributed by atoms with van der Waals surface area (Å²) in [7, 11) is 1.55. The van der Waals surface area contributed by atoms with Crippen LogP contribution in [0.5, 0.6) is 5.75 Å². The van der Waals surface area contributed by atoms with Crippen molar-refractivity contribution in [2.75, 3.05) is 19.0 Å². The molecule has 0 bridgehead atoms. The minimum atomic E-state index is -0.401. The van der Waals surface area contributed by atoms with Crippen LogP contribution >= 0.6 is 0 Å². The second-order valence-electron chi connectivity index (χ2n) is 5.39. The number of methoxy groups -OCH3 is 1. The molecular formula is C19H17N3O5. The van der Waals surface area contributed by atoms with Crippen molar-refractivity contribution in [1.29, 1.82) is 0 Å². The highest BCUT2D eigenvalue weighted by Crippen LogP contribution is 2.21. The van der Waals surface area contributed by atoms with Crippen molar-refractivity contribution in [3.05, 3.63) is 59.7 Å². The van der Waals surface area contributed by atoms with Crippen LogP contribution < -0.4 is 10.1 Å². The molecule has 0 saturated heterocycles. The number of anilines is 1. The average molecular weight is 367 g/mol. The molecule has 0 saturated carbocycles. The van der Waals surface area contributed by atoms with Crippen molar-refractivity contribution in [1.82, 2.24) is 10.2 Å². The maximum Gasteiger partial charge on any atom is 0.338 e. The number of amides is 1. The molecular weight excluding hydrogens is 350 g/mol. The van der Waals surface area contributed by atoms with E-state index in [1.807, 2.05) is 0 Å². The van der Waals surface area contributed by atoms with Gasteiger partial charge in [0.25, 0.3) is 5.91 Å². The van der Waals surface area contributed by atoms with Gasteiger partial charge in [-0.15, -0.1) is 5.10 Å². The Morgan fingerprint density at radius 2 is 1.67 bits per heavy atom. The summed E-state index contributed by atoms with van der Waals surface area (Å²) in [5, 5.41) is 10.3. The zero-order chi connectivity index (χ0) is 19.2. The Balaban J connectivity index is 1.68. The summed E-state index contributed by atoms with van der Waals surface area (Å²) in [6.07, 6.45) is 0. The van der Waals surface area contributed by atoms with Crippen LogP contribution in [0.25, 0.3) is 11.5 Å². The molecule has 1 N–H and O–H groups in total. The number of esters is 1. The third-order valence-corrected chi connectivity index (χ3v) is 3.64. The molecule has 1 amide bonds. The minimum Gasteiger partial charge on any atom is -0.497 e. The Morgan fingerprint density at radius 3 is 2.30 bits per heavy atom. The predicted molar refractivity (Wildman–Crippen MR) is 96.6 cm³/mol. The zero-order valence-corrected chi connectivity index (χ0v) is 14.8. The molecule has 8 nitrogen and oxygen atoms in total. The Bertz CT molecular complexity index is 933. The average Bonchev–Trinajstić information content (AvgIpc) is 3.17. The number of rotatable bonds is 6. The number of nitrogens with one attached hydrogen (secondary N) is 1. The standard InChI is InChI=1S/C19H17N3O5/c1-3-26-18(24)14-6-4-13(5-7-14)17-21-22-19(27-17)20-16(23)12-8-10-15(25-2)11-9-12/h4-11H,3H2,1-2H3,(H,20,22,23). The van der Waals surface area contributed by atoms with Gasteiger partial charge in [-0.05, 0) is 55.5 Å². The Kier molecular flexibility index (Phi) is 5.46. The molecule has 0 aliphatic carbocycles. The van der Waals surface area contributed by atoms with Crippen LogP contribution in [0, 0.1) is 0 Å². The first-order valence-corrected chi connectivity index (χ1v) is 8.17. The van der Waals surface area contributed by atoms with Gasteiger partial charge in [0.1, 0.15) is 5.75 Å². The van der Waals surface area contributed by atoms with Gasteiger partial charge in [0.05, 0.1) is 19.3 Å². The second-order valence-corrected chi connectivity index (χ2v) is 5.39. The lowest BCUT2D eigenvalue weighted by molar-refractivity contribution is 0.0526. The fourth-order valence-electron chi connectivity index (χ4n) is 2.27. The number of aromatic nitrogens is 2. The lowest BCUT2D eigenvalue weighted by Gasteiger charge is -2.03. The summed E-state index contributed by atoms with van der Waals surface area (Å²) in [6, 6.07) is 13.1. The van der Waals surface area contributed by atoms with E-state index in [9.17, 15) is 9.59 Å². The topological polar surface area (TPSA) is 104 Å². The number of hydrogen-bond donors (Lipinski definition) is 1. The molecule has 0 spiro atoms. The van der Waals surface area contributed by atoms with E-state index in [0.717, 1.165) is 0 Å². The monoisotopic (exact) mass is 367 g/mol. The van der Waals surface area contributed by atoms with Crippen LogP contribution in [0.2, 0.25) is 0 Å². The van der Waals surface area contributed by atoms with E-state index in [4.69, 9.17) is 13.9 Å². The smallest absolute Gasteiger partial charge is 0.338 e. The molecule has 8 heteroatoms. The predicted octanol–water partition coefficient (Wildman–Crippen LogP) is 3.17. The normalized spacial score (nSPS) is 10.3. The van der Waals surface area contributed by atoms with Gasteiger partial charge in [0.2, 0.25) is 5.89 Å². The summed E-state index contributed by atoms with van der Waals surface area (Å²) in [5.74, 6) is 0.0841. The van der Waals surface area contributed by atoms with Gasteiger partial charge in [0, 0.05) is 11.1 Å². The van der Waals surface area contributed by atoms with Crippen LogP contribution in [0.15, 0.2) is 52.9 Å². The van der Waals surface area contributed by atoms with Crippen LogP contribution in [0.1, 0.15) is 27.6 Å². The van der Waals surface area contributed by atoms with E-state index in [-0.39, 0.29) is 17.8 Å². The third kappa shape index (κ3) is 4.30. The van der Waals surface area contributed by atoms with Crippen LogP contribution in [-0.4, -0.2) is 35.8 Å². The summed E-state index contributed by atoms with van der Waals surface area (Å²) in [5.41, 5.74) is 1.46. The first-order chi connectivity index (χ1) is 13.1. The van der Waals surface area contributed by atoms with Gasteiger partial charge in [-0.3, -0.25) is 10.1 Å². The van der Waals surface area contributed by atoms with E-state index in [1.54, 1.807) is 62.6 Å². The quantitative estimate of drug-likeness (QED) is 0.667. The molecule has 0 atom stereocenters. The van der Waals surface area contributed by atoms with Gasteiger partial charge < -0.3 is 13.9 Å². The molecule has 3 aromatic rings. The molecule has 0 aliphatic rings. The van der Waals surface area contributed by atoms with E-state index in [2.05, 4.69) is 15.5 Å². The molecule has 0 fully saturated rings. The lowest BCUT2D eigenvalue weighted by Crippen LogP contribution is -2.11. The van der Waals surface area contributed by atoms with Gasteiger partial charge >= 0.3 is 12.0 Å². The number of benzene rings is 2. The van der Waals surface area contributed by atoms with Crippen molar-refractivity contribution in [2.24, 2.45) is 0 Å². The van der Waals surface area contributed by atoms with Crippen LogP contribution in [0.4, 0.5) is 6.01 Å². The minimum absolute atomic E-state index is 0.0275. The summed E-state index contributed by atoms with van der Waals surface area (Å²) in [4.78, 5) is 23.9. The van der Waals surface area contributed by atoms with Crippen molar-refractivity contribution in [2.45, 2.75) is 6.92 Å². The first-order valence-electron chi connectivity index (χ1n) is 8.17. The number of hydrogen-bond acceptors (Lipinski definition) is 7. The Labute approximate surface area is 155 Å². The zero-order valence-electron chi connectivity index (χ0n) is 14.8.